The molecular formula is C17H12N4O5S. The normalized spacial score (nSPS) is 13.5. The number of carbonyl (C=O) groups is 2. The van der Waals surface area contributed by atoms with Crippen molar-refractivity contribution in [1.29, 1.82) is 0 Å². The Labute approximate surface area is 155 Å². The third-order valence-electron chi connectivity index (χ3n) is 4.57. The van der Waals surface area contributed by atoms with Crippen LogP contribution in [0.4, 0.5) is 5.69 Å². The zero-order chi connectivity index (χ0) is 19.5. The van der Waals surface area contributed by atoms with Gasteiger partial charge in [0.15, 0.2) is 0 Å². The van der Waals surface area contributed by atoms with E-state index in [1.807, 2.05) is 13.8 Å². The Morgan fingerprint density at radius 1 is 1.22 bits per heavy atom. The van der Waals surface area contributed by atoms with E-state index in [2.05, 4.69) is 9.97 Å². The van der Waals surface area contributed by atoms with Gasteiger partial charge in [-0.25, -0.2) is 4.98 Å². The number of thiophene rings is 1. The number of hydrogen-bond donors (Lipinski definition) is 1. The predicted octanol–water partition coefficient (Wildman–Crippen LogP) is 2.31. The van der Waals surface area contributed by atoms with Gasteiger partial charge in [0.1, 0.15) is 16.2 Å². The van der Waals surface area contributed by atoms with Crippen molar-refractivity contribution >= 4 is 39.1 Å². The van der Waals surface area contributed by atoms with E-state index < -0.39 is 22.4 Å². The first-order valence-corrected chi connectivity index (χ1v) is 8.73. The van der Waals surface area contributed by atoms with Crippen LogP contribution in [0.3, 0.4) is 0 Å². The van der Waals surface area contributed by atoms with Crippen molar-refractivity contribution in [2.45, 2.75) is 20.4 Å². The number of rotatable bonds is 3. The highest BCUT2D eigenvalue weighted by Crippen LogP contribution is 2.31. The summed E-state index contributed by atoms with van der Waals surface area (Å²) in [4.78, 5) is 57.3. The van der Waals surface area contributed by atoms with E-state index in [1.54, 1.807) is 0 Å². The SMILES string of the molecule is Cc1sc2nc(CN3C(=O)c4cccc([N+](=O)[O-])c4C3=O)[nH]c(=O)c2c1C. The Morgan fingerprint density at radius 3 is 2.67 bits per heavy atom. The molecule has 0 bridgehead atoms. The summed E-state index contributed by atoms with van der Waals surface area (Å²) in [5.74, 6) is -1.28. The van der Waals surface area contributed by atoms with Crippen molar-refractivity contribution < 1.29 is 14.5 Å². The molecule has 0 fully saturated rings. The van der Waals surface area contributed by atoms with Crippen LogP contribution in [0, 0.1) is 24.0 Å². The smallest absolute Gasteiger partial charge is 0.282 e. The number of aryl methyl sites for hydroxylation is 2. The molecule has 4 rings (SSSR count). The summed E-state index contributed by atoms with van der Waals surface area (Å²) < 4.78 is 0. The molecule has 9 nitrogen and oxygen atoms in total. The molecule has 1 aromatic carbocycles. The number of fused-ring (bicyclic) bond motifs is 2. The fraction of sp³-hybridized carbons (Fsp3) is 0.176. The lowest BCUT2D eigenvalue weighted by atomic mass is 10.1. The molecule has 27 heavy (non-hydrogen) atoms. The zero-order valence-electron chi connectivity index (χ0n) is 14.2. The monoisotopic (exact) mass is 384 g/mol. The molecule has 3 aromatic rings. The van der Waals surface area contributed by atoms with Gasteiger partial charge in [-0.05, 0) is 25.5 Å². The van der Waals surface area contributed by atoms with Crippen LogP contribution in [-0.4, -0.2) is 31.6 Å². The first kappa shape index (κ1) is 17.0. The van der Waals surface area contributed by atoms with Crippen molar-refractivity contribution in [3.8, 4) is 0 Å². The highest BCUT2D eigenvalue weighted by molar-refractivity contribution is 7.18. The molecule has 1 N–H and O–H groups in total. The minimum atomic E-state index is -0.774. The molecule has 0 atom stereocenters. The van der Waals surface area contributed by atoms with E-state index in [4.69, 9.17) is 0 Å². The Bertz CT molecular complexity index is 1230. The van der Waals surface area contributed by atoms with E-state index in [9.17, 15) is 24.5 Å². The minimum absolute atomic E-state index is 0.0274. The standard InChI is InChI=1S/C17H12N4O5S/c1-7-8(2)27-15-12(7)14(22)18-11(19-15)6-20-16(23)9-4-3-5-10(21(25)26)13(9)17(20)24/h3-5H,6H2,1-2H3,(H,18,19,22). The van der Waals surface area contributed by atoms with Crippen LogP contribution in [0.2, 0.25) is 0 Å². The molecule has 0 radical (unpaired) electrons. The van der Waals surface area contributed by atoms with Crippen LogP contribution >= 0.6 is 11.3 Å². The summed E-state index contributed by atoms with van der Waals surface area (Å²) >= 11 is 1.35. The number of nitro benzene ring substituents is 1. The average molecular weight is 384 g/mol. The number of amides is 2. The van der Waals surface area contributed by atoms with E-state index in [1.165, 1.54) is 29.5 Å². The second kappa shape index (κ2) is 5.81. The summed E-state index contributed by atoms with van der Waals surface area (Å²) in [5.41, 5.74) is -0.194. The lowest BCUT2D eigenvalue weighted by Crippen LogP contribution is -2.31. The van der Waals surface area contributed by atoms with Gasteiger partial charge in [0.2, 0.25) is 0 Å². The average Bonchev–Trinajstić information content (AvgIpc) is 3.04. The van der Waals surface area contributed by atoms with Gasteiger partial charge in [-0.2, -0.15) is 0 Å². The first-order valence-electron chi connectivity index (χ1n) is 7.92. The van der Waals surface area contributed by atoms with Gasteiger partial charge in [-0.3, -0.25) is 29.4 Å². The topological polar surface area (TPSA) is 126 Å². The quantitative estimate of drug-likeness (QED) is 0.419. The number of aromatic amines is 1. The van der Waals surface area contributed by atoms with E-state index in [0.29, 0.717) is 10.2 Å². The molecule has 0 unspecified atom stereocenters. The molecule has 0 aliphatic carbocycles. The number of H-pyrrole nitrogens is 1. The number of hydrogen-bond acceptors (Lipinski definition) is 7. The molecule has 0 saturated heterocycles. The highest BCUT2D eigenvalue weighted by atomic mass is 32.1. The number of imide groups is 1. The van der Waals surface area contributed by atoms with Crippen molar-refractivity contribution in [2.24, 2.45) is 0 Å². The van der Waals surface area contributed by atoms with E-state index in [0.717, 1.165) is 15.3 Å². The predicted molar refractivity (Wildman–Crippen MR) is 97.0 cm³/mol. The molecule has 2 aromatic heterocycles. The molecule has 10 heteroatoms. The van der Waals surface area contributed by atoms with Gasteiger partial charge in [0.25, 0.3) is 23.1 Å². The van der Waals surface area contributed by atoms with Gasteiger partial charge < -0.3 is 4.98 Å². The fourth-order valence-corrected chi connectivity index (χ4v) is 4.18. The summed E-state index contributed by atoms with van der Waals surface area (Å²) in [6.45, 7) is 3.43. The molecular weight excluding hydrogens is 372 g/mol. The van der Waals surface area contributed by atoms with Crippen molar-refractivity contribution in [1.82, 2.24) is 14.9 Å². The number of carbonyl (C=O) groups excluding carboxylic acids is 2. The van der Waals surface area contributed by atoms with Crippen LogP contribution in [0.5, 0.6) is 0 Å². The maximum Gasteiger partial charge on any atom is 0.282 e. The lowest BCUT2D eigenvalue weighted by Gasteiger charge is -2.12. The molecule has 3 heterocycles. The van der Waals surface area contributed by atoms with Gasteiger partial charge in [0.05, 0.1) is 22.4 Å². The second-order valence-corrected chi connectivity index (χ2v) is 7.33. The number of nitro groups is 1. The van der Waals surface area contributed by atoms with Crippen molar-refractivity contribution in [3.05, 3.63) is 66.1 Å². The number of benzene rings is 1. The maximum atomic E-state index is 12.6. The van der Waals surface area contributed by atoms with Crippen LogP contribution in [0.25, 0.3) is 10.2 Å². The summed E-state index contributed by atoms with van der Waals surface area (Å²) in [6, 6.07) is 3.90. The number of nitrogens with one attached hydrogen (secondary N) is 1. The van der Waals surface area contributed by atoms with Gasteiger partial charge in [-0.15, -0.1) is 11.3 Å². The third-order valence-corrected chi connectivity index (χ3v) is 5.67. The molecule has 1 aliphatic heterocycles. The molecule has 0 saturated carbocycles. The van der Waals surface area contributed by atoms with Crippen molar-refractivity contribution in [2.75, 3.05) is 0 Å². The summed E-state index contributed by atoms with van der Waals surface area (Å²) in [7, 11) is 0. The Kier molecular flexibility index (Phi) is 3.67. The van der Waals surface area contributed by atoms with Gasteiger partial charge in [0, 0.05) is 10.9 Å². The van der Waals surface area contributed by atoms with E-state index in [-0.39, 0.29) is 29.1 Å². The van der Waals surface area contributed by atoms with E-state index >= 15 is 0 Å². The minimum Gasteiger partial charge on any atom is -0.308 e. The number of nitrogens with zero attached hydrogens (tertiary/aromatic N) is 3. The van der Waals surface area contributed by atoms with Crippen LogP contribution in [0.15, 0.2) is 23.0 Å². The summed E-state index contributed by atoms with van der Waals surface area (Å²) in [6.07, 6.45) is 0. The largest absolute Gasteiger partial charge is 0.308 e. The Morgan fingerprint density at radius 2 is 1.96 bits per heavy atom. The van der Waals surface area contributed by atoms with Crippen LogP contribution < -0.4 is 5.56 Å². The van der Waals surface area contributed by atoms with Crippen LogP contribution in [0.1, 0.15) is 37.0 Å². The molecule has 136 valence electrons. The second-order valence-electron chi connectivity index (χ2n) is 6.13. The zero-order valence-corrected chi connectivity index (χ0v) is 15.0. The number of aromatic nitrogens is 2. The van der Waals surface area contributed by atoms with Gasteiger partial charge >= 0.3 is 0 Å². The van der Waals surface area contributed by atoms with Crippen LogP contribution in [-0.2, 0) is 6.54 Å². The van der Waals surface area contributed by atoms with Gasteiger partial charge in [-0.1, -0.05) is 6.07 Å². The third kappa shape index (κ3) is 2.45. The molecule has 0 spiro atoms. The Hall–Kier alpha value is -3.40. The lowest BCUT2D eigenvalue weighted by molar-refractivity contribution is -0.385. The Balaban J connectivity index is 1.76. The highest BCUT2D eigenvalue weighted by Gasteiger charge is 2.41. The molecule has 2 amide bonds. The van der Waals surface area contributed by atoms with Crippen molar-refractivity contribution in [3.63, 3.8) is 0 Å². The fourth-order valence-electron chi connectivity index (χ4n) is 3.14. The summed E-state index contributed by atoms with van der Waals surface area (Å²) in [5, 5.41) is 11.7. The first-order chi connectivity index (χ1) is 12.8. The molecule has 1 aliphatic rings. The maximum absolute atomic E-state index is 12.6.